The molecule has 0 saturated heterocycles. The minimum Gasteiger partial charge on any atom is -0.340 e. The number of anilines is 3. The molecule has 0 unspecified atom stereocenters. The second-order valence-electron chi connectivity index (χ2n) is 7.12. The second-order valence-corrected chi connectivity index (χ2v) is 8.74. The fraction of sp³-hybridized carbons (Fsp3) is 0.300. The van der Waals surface area contributed by atoms with Crippen LogP contribution in [0.4, 0.5) is 17.2 Å². The van der Waals surface area contributed by atoms with Crippen molar-refractivity contribution < 1.29 is 8.42 Å². The van der Waals surface area contributed by atoms with Gasteiger partial charge in [0.05, 0.1) is 23.3 Å². The number of aryl methyl sites for hydroxylation is 3. The molecule has 0 radical (unpaired) electrons. The molecule has 3 aromatic rings. The van der Waals surface area contributed by atoms with Gasteiger partial charge < -0.3 is 5.32 Å². The Balaban J connectivity index is 1.82. The zero-order valence-electron chi connectivity index (χ0n) is 16.7. The Labute approximate surface area is 165 Å². The number of nitrogens with one attached hydrogen (secondary N) is 3. The SMILES string of the molecule is Cc1cccc(C(C)C)c1Nc1ccc(NS(=O)(=O)c2c(C)n[nH]c2C)cn1. The number of para-hydroxylation sites is 1. The van der Waals surface area contributed by atoms with Crippen LogP contribution in [0.15, 0.2) is 41.4 Å². The fourth-order valence-corrected chi connectivity index (χ4v) is 4.56. The molecule has 28 heavy (non-hydrogen) atoms. The molecule has 8 heteroatoms. The van der Waals surface area contributed by atoms with Gasteiger partial charge in [-0.15, -0.1) is 0 Å². The summed E-state index contributed by atoms with van der Waals surface area (Å²) in [5.41, 5.74) is 4.68. The normalized spacial score (nSPS) is 11.6. The number of sulfonamides is 1. The molecule has 0 amide bonds. The zero-order chi connectivity index (χ0) is 20.5. The highest BCUT2D eigenvalue weighted by molar-refractivity contribution is 7.92. The van der Waals surface area contributed by atoms with Crippen LogP contribution in [0.2, 0.25) is 0 Å². The Bertz CT molecular complexity index is 1070. The highest BCUT2D eigenvalue weighted by atomic mass is 32.2. The number of H-pyrrole nitrogens is 1. The van der Waals surface area contributed by atoms with Gasteiger partial charge in [0, 0.05) is 5.69 Å². The molecule has 148 valence electrons. The first-order valence-corrected chi connectivity index (χ1v) is 10.5. The lowest BCUT2D eigenvalue weighted by atomic mass is 9.98. The number of benzene rings is 1. The Hall–Kier alpha value is -2.87. The average molecular weight is 400 g/mol. The highest BCUT2D eigenvalue weighted by Gasteiger charge is 2.22. The van der Waals surface area contributed by atoms with Gasteiger partial charge in [-0.3, -0.25) is 9.82 Å². The van der Waals surface area contributed by atoms with E-state index in [1.54, 1.807) is 26.0 Å². The van der Waals surface area contributed by atoms with Crippen molar-refractivity contribution in [3.8, 4) is 0 Å². The molecule has 3 rings (SSSR count). The number of aromatic amines is 1. The largest absolute Gasteiger partial charge is 0.340 e. The summed E-state index contributed by atoms with van der Waals surface area (Å²) < 4.78 is 27.8. The molecule has 2 heterocycles. The van der Waals surface area contributed by atoms with Gasteiger partial charge in [-0.2, -0.15) is 5.10 Å². The first-order chi connectivity index (χ1) is 13.2. The molecule has 0 bridgehead atoms. The van der Waals surface area contributed by atoms with Crippen molar-refractivity contribution in [3.05, 3.63) is 59.0 Å². The minimum absolute atomic E-state index is 0.163. The summed E-state index contributed by atoms with van der Waals surface area (Å²) in [4.78, 5) is 4.53. The van der Waals surface area contributed by atoms with Crippen molar-refractivity contribution in [2.45, 2.75) is 45.4 Å². The standard InChI is InChI=1S/C20H25N5O2S/c1-12(2)17-8-6-7-13(3)19(17)22-18-10-9-16(11-21-18)25-28(26,27)20-14(4)23-24-15(20)5/h6-12,25H,1-5H3,(H,21,22)(H,23,24). The number of nitrogens with zero attached hydrogens (tertiary/aromatic N) is 2. The molecule has 0 spiro atoms. The van der Waals surface area contributed by atoms with Gasteiger partial charge in [0.2, 0.25) is 0 Å². The molecule has 0 atom stereocenters. The van der Waals surface area contributed by atoms with E-state index in [4.69, 9.17) is 0 Å². The smallest absolute Gasteiger partial charge is 0.265 e. The molecular weight excluding hydrogens is 374 g/mol. The highest BCUT2D eigenvalue weighted by Crippen LogP contribution is 2.30. The molecule has 0 saturated carbocycles. The van der Waals surface area contributed by atoms with Crippen molar-refractivity contribution in [1.29, 1.82) is 0 Å². The Morgan fingerprint density at radius 2 is 1.82 bits per heavy atom. The quantitative estimate of drug-likeness (QED) is 0.570. The van der Waals surface area contributed by atoms with Crippen LogP contribution in [0.5, 0.6) is 0 Å². The van der Waals surface area contributed by atoms with Crippen molar-refractivity contribution >= 4 is 27.2 Å². The molecule has 0 aliphatic rings. The van der Waals surface area contributed by atoms with Crippen LogP contribution in [-0.2, 0) is 10.0 Å². The third-order valence-corrected chi connectivity index (χ3v) is 6.17. The molecule has 7 nitrogen and oxygen atoms in total. The number of hydrogen-bond donors (Lipinski definition) is 3. The number of hydrogen-bond acceptors (Lipinski definition) is 5. The zero-order valence-corrected chi connectivity index (χ0v) is 17.5. The summed E-state index contributed by atoms with van der Waals surface area (Å²) in [6.45, 7) is 9.66. The van der Waals surface area contributed by atoms with Crippen LogP contribution in [0, 0.1) is 20.8 Å². The van der Waals surface area contributed by atoms with Crippen molar-refractivity contribution in [2.75, 3.05) is 10.0 Å². The summed E-state index contributed by atoms with van der Waals surface area (Å²) in [7, 11) is -3.73. The van der Waals surface area contributed by atoms with E-state index in [0.717, 1.165) is 11.3 Å². The summed E-state index contributed by atoms with van der Waals surface area (Å²) in [5, 5.41) is 9.99. The van der Waals surface area contributed by atoms with Crippen molar-refractivity contribution in [2.24, 2.45) is 0 Å². The molecule has 0 aliphatic heterocycles. The molecular formula is C20H25N5O2S. The molecule has 3 N–H and O–H groups in total. The van der Waals surface area contributed by atoms with Crippen LogP contribution < -0.4 is 10.0 Å². The van der Waals surface area contributed by atoms with E-state index < -0.39 is 10.0 Å². The van der Waals surface area contributed by atoms with Gasteiger partial charge in [0.15, 0.2) is 0 Å². The first-order valence-electron chi connectivity index (χ1n) is 9.06. The lowest BCUT2D eigenvalue weighted by molar-refractivity contribution is 0.600. The van der Waals surface area contributed by atoms with Gasteiger partial charge in [-0.05, 0) is 49.9 Å². The van der Waals surface area contributed by atoms with Crippen LogP contribution in [0.25, 0.3) is 0 Å². The summed E-state index contributed by atoms with van der Waals surface area (Å²) >= 11 is 0. The lowest BCUT2D eigenvalue weighted by Crippen LogP contribution is -2.14. The average Bonchev–Trinajstić information content (AvgIpc) is 2.97. The topological polar surface area (TPSA) is 99.8 Å². The van der Waals surface area contributed by atoms with Crippen molar-refractivity contribution in [1.82, 2.24) is 15.2 Å². The van der Waals surface area contributed by atoms with E-state index in [9.17, 15) is 8.42 Å². The first kappa shape index (κ1) is 19.9. The molecule has 0 fully saturated rings. The predicted molar refractivity (Wildman–Crippen MR) is 112 cm³/mol. The number of rotatable bonds is 6. The van der Waals surface area contributed by atoms with E-state index in [-0.39, 0.29) is 4.90 Å². The van der Waals surface area contributed by atoms with E-state index in [1.807, 2.05) is 19.1 Å². The van der Waals surface area contributed by atoms with Gasteiger partial charge >= 0.3 is 0 Å². The summed E-state index contributed by atoms with van der Waals surface area (Å²) in [6, 6.07) is 9.62. The van der Waals surface area contributed by atoms with Gasteiger partial charge in [0.1, 0.15) is 10.7 Å². The second kappa shape index (κ2) is 7.63. The number of aromatic nitrogens is 3. The fourth-order valence-electron chi connectivity index (χ4n) is 3.14. The van der Waals surface area contributed by atoms with Crippen molar-refractivity contribution in [3.63, 3.8) is 0 Å². The Morgan fingerprint density at radius 3 is 2.39 bits per heavy atom. The molecule has 2 aromatic heterocycles. The van der Waals surface area contributed by atoms with Gasteiger partial charge in [0.25, 0.3) is 10.0 Å². The van der Waals surface area contributed by atoms with E-state index >= 15 is 0 Å². The van der Waals surface area contributed by atoms with Gasteiger partial charge in [-0.1, -0.05) is 32.0 Å². The Kier molecular flexibility index (Phi) is 5.42. The maximum Gasteiger partial charge on any atom is 0.265 e. The summed E-state index contributed by atoms with van der Waals surface area (Å²) in [6.07, 6.45) is 1.50. The summed E-state index contributed by atoms with van der Waals surface area (Å²) in [5.74, 6) is 1.02. The van der Waals surface area contributed by atoms with Crippen LogP contribution >= 0.6 is 0 Å². The molecule has 0 aliphatic carbocycles. The number of pyridine rings is 1. The monoisotopic (exact) mass is 399 g/mol. The Morgan fingerprint density at radius 1 is 1.07 bits per heavy atom. The maximum absolute atomic E-state index is 12.6. The van der Waals surface area contributed by atoms with E-state index in [2.05, 4.69) is 45.1 Å². The van der Waals surface area contributed by atoms with E-state index in [1.165, 1.54) is 11.8 Å². The lowest BCUT2D eigenvalue weighted by Gasteiger charge is -2.17. The minimum atomic E-state index is -3.73. The molecule has 1 aromatic carbocycles. The van der Waals surface area contributed by atoms with Crippen LogP contribution in [0.1, 0.15) is 42.3 Å². The third kappa shape index (κ3) is 4.01. The van der Waals surface area contributed by atoms with Gasteiger partial charge in [-0.25, -0.2) is 13.4 Å². The van der Waals surface area contributed by atoms with Crippen LogP contribution in [-0.4, -0.2) is 23.6 Å². The third-order valence-electron chi connectivity index (χ3n) is 4.53. The van der Waals surface area contributed by atoms with E-state index in [0.29, 0.717) is 28.8 Å². The van der Waals surface area contributed by atoms with Crippen LogP contribution in [0.3, 0.4) is 0 Å². The maximum atomic E-state index is 12.6. The predicted octanol–water partition coefficient (Wildman–Crippen LogP) is 4.40.